The van der Waals surface area contributed by atoms with Gasteiger partial charge in [-0.3, -0.25) is 0 Å². The summed E-state index contributed by atoms with van der Waals surface area (Å²) >= 11 is 0. The van der Waals surface area contributed by atoms with Gasteiger partial charge in [-0.2, -0.15) is 0 Å². The van der Waals surface area contributed by atoms with Crippen LogP contribution in [0.4, 0.5) is 4.79 Å². The van der Waals surface area contributed by atoms with Gasteiger partial charge in [0.15, 0.2) is 0 Å². The molecule has 1 aliphatic carbocycles. The van der Waals surface area contributed by atoms with E-state index in [9.17, 15) is 9.59 Å². The van der Waals surface area contributed by atoms with E-state index in [1.165, 1.54) is 19.3 Å². The van der Waals surface area contributed by atoms with Crippen LogP contribution >= 0.6 is 0 Å². The van der Waals surface area contributed by atoms with Gasteiger partial charge in [0.2, 0.25) is 0 Å². The standard InChI is InChI=1S/C13H23NO4/c1-13(2,3)18-12(17)14-10(11(15)16)8-7-9-5-4-6-9/h9-10H,4-8H2,1-3H3,(H,14,17)(H,15,16)/t10-/m0/s1. The van der Waals surface area contributed by atoms with Crippen molar-refractivity contribution in [3.63, 3.8) is 0 Å². The highest BCUT2D eigenvalue weighted by Gasteiger charge is 2.26. The molecule has 0 aliphatic heterocycles. The predicted molar refractivity (Wildman–Crippen MR) is 67.4 cm³/mol. The molecule has 0 aromatic rings. The van der Waals surface area contributed by atoms with Crippen molar-refractivity contribution in [1.82, 2.24) is 5.32 Å². The minimum atomic E-state index is -1.000. The van der Waals surface area contributed by atoms with E-state index in [0.717, 1.165) is 6.42 Å². The summed E-state index contributed by atoms with van der Waals surface area (Å²) in [7, 11) is 0. The summed E-state index contributed by atoms with van der Waals surface area (Å²) in [6.45, 7) is 5.24. The molecule has 1 atom stereocenters. The fourth-order valence-corrected chi connectivity index (χ4v) is 1.89. The zero-order valence-corrected chi connectivity index (χ0v) is 11.4. The fourth-order valence-electron chi connectivity index (χ4n) is 1.89. The van der Waals surface area contributed by atoms with Crippen LogP contribution in [-0.2, 0) is 9.53 Å². The lowest BCUT2D eigenvalue weighted by Gasteiger charge is -2.27. The fraction of sp³-hybridized carbons (Fsp3) is 0.846. The van der Waals surface area contributed by atoms with E-state index >= 15 is 0 Å². The van der Waals surface area contributed by atoms with Crippen LogP contribution in [0.5, 0.6) is 0 Å². The normalized spacial score (nSPS) is 17.7. The van der Waals surface area contributed by atoms with Crippen LogP contribution in [0.3, 0.4) is 0 Å². The summed E-state index contributed by atoms with van der Waals surface area (Å²) in [5.41, 5.74) is -0.610. The minimum Gasteiger partial charge on any atom is -0.480 e. The van der Waals surface area contributed by atoms with Gasteiger partial charge in [-0.15, -0.1) is 0 Å². The summed E-state index contributed by atoms with van der Waals surface area (Å²) < 4.78 is 5.05. The van der Waals surface area contributed by atoms with E-state index in [0.29, 0.717) is 12.3 Å². The van der Waals surface area contributed by atoms with Crippen molar-refractivity contribution in [2.75, 3.05) is 0 Å². The van der Waals surface area contributed by atoms with Gasteiger partial charge in [0.05, 0.1) is 0 Å². The lowest BCUT2D eigenvalue weighted by Crippen LogP contribution is -2.43. The topological polar surface area (TPSA) is 75.6 Å². The summed E-state index contributed by atoms with van der Waals surface area (Å²) in [5.74, 6) is -0.368. The Hall–Kier alpha value is -1.26. The molecule has 0 bridgehead atoms. The summed E-state index contributed by atoms with van der Waals surface area (Å²) in [4.78, 5) is 22.6. The van der Waals surface area contributed by atoms with Crippen molar-refractivity contribution in [3.05, 3.63) is 0 Å². The van der Waals surface area contributed by atoms with Crippen LogP contribution in [0, 0.1) is 5.92 Å². The van der Waals surface area contributed by atoms with Crippen LogP contribution in [-0.4, -0.2) is 28.8 Å². The number of ether oxygens (including phenoxy) is 1. The molecular weight excluding hydrogens is 234 g/mol. The predicted octanol–water partition coefficient (Wildman–Crippen LogP) is 2.54. The number of rotatable bonds is 5. The van der Waals surface area contributed by atoms with Crippen LogP contribution in [0.25, 0.3) is 0 Å². The van der Waals surface area contributed by atoms with Gasteiger partial charge in [-0.1, -0.05) is 19.3 Å². The number of nitrogens with one attached hydrogen (secondary N) is 1. The molecule has 18 heavy (non-hydrogen) atoms. The van der Waals surface area contributed by atoms with Crippen LogP contribution in [0.1, 0.15) is 52.9 Å². The molecule has 0 aromatic carbocycles. The Labute approximate surface area is 108 Å². The van der Waals surface area contributed by atoms with Gasteiger partial charge in [0.1, 0.15) is 11.6 Å². The zero-order valence-electron chi connectivity index (χ0n) is 11.4. The first-order valence-electron chi connectivity index (χ1n) is 6.50. The van der Waals surface area contributed by atoms with Gasteiger partial charge in [0, 0.05) is 0 Å². The van der Waals surface area contributed by atoms with Crippen LogP contribution in [0.15, 0.2) is 0 Å². The van der Waals surface area contributed by atoms with Crippen LogP contribution < -0.4 is 5.32 Å². The molecule has 0 heterocycles. The van der Waals surface area contributed by atoms with Crippen molar-refractivity contribution in [2.24, 2.45) is 5.92 Å². The highest BCUT2D eigenvalue weighted by atomic mass is 16.6. The quantitative estimate of drug-likeness (QED) is 0.793. The van der Waals surface area contributed by atoms with E-state index < -0.39 is 23.7 Å². The number of carboxylic acids is 1. The maximum atomic E-state index is 11.5. The summed E-state index contributed by atoms with van der Waals surface area (Å²) in [5, 5.41) is 11.5. The first-order chi connectivity index (χ1) is 8.28. The van der Waals surface area contributed by atoms with Crippen molar-refractivity contribution >= 4 is 12.1 Å². The van der Waals surface area contributed by atoms with Crippen LogP contribution in [0.2, 0.25) is 0 Å². The highest BCUT2D eigenvalue weighted by Crippen LogP contribution is 2.30. The minimum absolute atomic E-state index is 0.471. The third kappa shape index (κ3) is 5.38. The Morgan fingerprint density at radius 3 is 2.39 bits per heavy atom. The summed E-state index contributed by atoms with van der Waals surface area (Å²) in [6.07, 6.45) is 4.26. The average molecular weight is 257 g/mol. The van der Waals surface area contributed by atoms with Gasteiger partial charge in [-0.25, -0.2) is 9.59 Å². The van der Waals surface area contributed by atoms with E-state index in [-0.39, 0.29) is 0 Å². The molecule has 1 fully saturated rings. The second kappa shape index (κ2) is 6.07. The van der Waals surface area contributed by atoms with E-state index in [1.807, 2.05) is 0 Å². The second-order valence-corrected chi connectivity index (χ2v) is 5.91. The maximum Gasteiger partial charge on any atom is 0.408 e. The number of alkyl carbamates (subject to hydrolysis) is 1. The largest absolute Gasteiger partial charge is 0.480 e. The Morgan fingerprint density at radius 2 is 2.00 bits per heavy atom. The number of hydrogen-bond donors (Lipinski definition) is 2. The number of hydrogen-bond acceptors (Lipinski definition) is 3. The van der Waals surface area contributed by atoms with E-state index in [4.69, 9.17) is 9.84 Å². The molecule has 2 N–H and O–H groups in total. The molecule has 1 rings (SSSR count). The van der Waals surface area contributed by atoms with Crippen molar-refractivity contribution in [3.8, 4) is 0 Å². The lowest BCUT2D eigenvalue weighted by atomic mass is 9.81. The van der Waals surface area contributed by atoms with Crippen molar-refractivity contribution in [1.29, 1.82) is 0 Å². The van der Waals surface area contributed by atoms with E-state index in [1.54, 1.807) is 20.8 Å². The number of carbonyl (C=O) groups excluding carboxylic acids is 1. The third-order valence-electron chi connectivity index (χ3n) is 3.08. The molecule has 0 unspecified atom stereocenters. The second-order valence-electron chi connectivity index (χ2n) is 5.91. The smallest absolute Gasteiger partial charge is 0.408 e. The summed E-state index contributed by atoms with van der Waals surface area (Å²) in [6, 6.07) is -0.847. The molecule has 1 saturated carbocycles. The number of carbonyl (C=O) groups is 2. The number of aliphatic carboxylic acids is 1. The molecule has 5 nitrogen and oxygen atoms in total. The molecule has 5 heteroatoms. The number of carboxylic acid groups (broad SMARTS) is 1. The van der Waals surface area contributed by atoms with Gasteiger partial charge < -0.3 is 15.2 Å². The van der Waals surface area contributed by atoms with Gasteiger partial charge >= 0.3 is 12.1 Å². The Balaban J connectivity index is 2.36. The molecule has 1 amide bonds. The molecule has 0 spiro atoms. The Kier molecular flexibility index (Phi) is 4.99. The maximum absolute atomic E-state index is 11.5. The molecule has 1 aliphatic rings. The van der Waals surface area contributed by atoms with E-state index in [2.05, 4.69) is 5.32 Å². The first-order valence-corrected chi connectivity index (χ1v) is 6.50. The van der Waals surface area contributed by atoms with Gasteiger partial charge in [0.25, 0.3) is 0 Å². The SMILES string of the molecule is CC(C)(C)OC(=O)N[C@@H](CCC1CCC1)C(=O)O. The zero-order chi connectivity index (χ0) is 13.8. The number of amides is 1. The van der Waals surface area contributed by atoms with Crippen molar-refractivity contribution in [2.45, 2.75) is 64.5 Å². The highest BCUT2D eigenvalue weighted by molar-refractivity contribution is 5.79. The molecule has 0 radical (unpaired) electrons. The van der Waals surface area contributed by atoms with Crippen molar-refractivity contribution < 1.29 is 19.4 Å². The Bertz CT molecular complexity index is 305. The molecule has 0 saturated heterocycles. The molecule has 104 valence electrons. The third-order valence-corrected chi connectivity index (χ3v) is 3.08. The first kappa shape index (κ1) is 14.8. The Morgan fingerprint density at radius 1 is 1.39 bits per heavy atom. The molecule has 0 aromatic heterocycles. The molecular formula is C13H23NO4. The lowest BCUT2D eigenvalue weighted by molar-refractivity contribution is -0.139. The van der Waals surface area contributed by atoms with Gasteiger partial charge in [-0.05, 0) is 39.5 Å². The monoisotopic (exact) mass is 257 g/mol. The average Bonchev–Trinajstić information content (AvgIpc) is 2.10.